The number of nitrogens with one attached hydrogen (secondary N) is 1. The van der Waals surface area contributed by atoms with Crippen molar-refractivity contribution in [1.29, 1.82) is 0 Å². The van der Waals surface area contributed by atoms with Crippen molar-refractivity contribution in [2.45, 2.75) is 44.8 Å². The van der Waals surface area contributed by atoms with E-state index in [1.807, 2.05) is 62.4 Å². The highest BCUT2D eigenvalue weighted by Crippen LogP contribution is 2.36. The summed E-state index contributed by atoms with van der Waals surface area (Å²) in [5, 5.41) is 4.01. The van der Waals surface area contributed by atoms with Gasteiger partial charge in [0.2, 0.25) is 11.8 Å². The van der Waals surface area contributed by atoms with Crippen LogP contribution in [-0.2, 0) is 9.59 Å². The van der Waals surface area contributed by atoms with Crippen molar-refractivity contribution < 1.29 is 18.4 Å². The molecular weight excluding hydrogens is 531 g/mol. The summed E-state index contributed by atoms with van der Waals surface area (Å²) in [7, 11) is 0. The molecule has 0 radical (unpaired) electrons. The Morgan fingerprint density at radius 2 is 1.45 bits per heavy atom. The number of rotatable bonds is 9. The largest absolute Gasteiger partial charge is 0.353 e. The summed E-state index contributed by atoms with van der Waals surface area (Å²) >= 11 is 12.2. The van der Waals surface area contributed by atoms with E-state index >= 15 is 0 Å². The number of likely N-dealkylation sites (tertiary alicyclic amines) is 1. The molecule has 4 rings (SSSR count). The Morgan fingerprint density at radius 3 is 1.92 bits per heavy atom. The quantitative estimate of drug-likeness (QED) is 0.309. The Kier molecular flexibility index (Phi) is 9.03. The molecule has 1 atom stereocenters. The maximum absolute atomic E-state index is 14.1. The van der Waals surface area contributed by atoms with Crippen LogP contribution >= 0.6 is 23.2 Å². The zero-order valence-corrected chi connectivity index (χ0v) is 22.6. The van der Waals surface area contributed by atoms with E-state index in [0.717, 1.165) is 29.3 Å². The van der Waals surface area contributed by atoms with Gasteiger partial charge in [0.1, 0.15) is 18.1 Å². The SMILES string of the molecule is CCC(C)NC(=O)CC(=O)N(c1cc(F)cc(F)c1)C1CN(C(c2ccc(Cl)cc2)c2ccc(Cl)cc2)C1. The fourth-order valence-corrected chi connectivity index (χ4v) is 4.91. The van der Waals surface area contributed by atoms with Crippen molar-refractivity contribution in [3.8, 4) is 0 Å². The molecule has 0 bridgehead atoms. The van der Waals surface area contributed by atoms with Crippen molar-refractivity contribution in [2.75, 3.05) is 18.0 Å². The first-order valence-electron chi connectivity index (χ1n) is 12.5. The van der Waals surface area contributed by atoms with E-state index in [9.17, 15) is 18.4 Å². The van der Waals surface area contributed by atoms with Crippen LogP contribution in [0.2, 0.25) is 10.0 Å². The predicted octanol–water partition coefficient (Wildman–Crippen LogP) is 6.38. The Hall–Kier alpha value is -3.00. The van der Waals surface area contributed by atoms with E-state index in [4.69, 9.17) is 23.2 Å². The first-order valence-corrected chi connectivity index (χ1v) is 13.2. The Balaban J connectivity index is 1.60. The van der Waals surface area contributed by atoms with Gasteiger partial charge in [-0.25, -0.2) is 8.78 Å². The van der Waals surface area contributed by atoms with Crippen molar-refractivity contribution in [2.24, 2.45) is 0 Å². The molecule has 0 aromatic heterocycles. The summed E-state index contributed by atoms with van der Waals surface area (Å²) in [6, 6.07) is 17.4. The monoisotopic (exact) mass is 559 g/mol. The first kappa shape index (κ1) is 28.0. The molecule has 3 aromatic carbocycles. The number of halogens is 4. The van der Waals surface area contributed by atoms with Crippen LogP contribution in [0.1, 0.15) is 43.9 Å². The normalized spacial score (nSPS) is 14.7. The third-order valence-electron chi connectivity index (χ3n) is 6.72. The van der Waals surface area contributed by atoms with E-state index in [1.165, 1.54) is 4.90 Å². The van der Waals surface area contributed by atoms with Gasteiger partial charge in [0.15, 0.2) is 0 Å². The average Bonchev–Trinajstić information content (AvgIpc) is 2.83. The van der Waals surface area contributed by atoms with Gasteiger partial charge in [-0.1, -0.05) is 54.4 Å². The van der Waals surface area contributed by atoms with Gasteiger partial charge in [-0.3, -0.25) is 14.5 Å². The van der Waals surface area contributed by atoms with E-state index in [2.05, 4.69) is 10.2 Å². The van der Waals surface area contributed by atoms with Gasteiger partial charge in [-0.15, -0.1) is 0 Å². The zero-order valence-electron chi connectivity index (χ0n) is 21.1. The molecule has 1 fully saturated rings. The van der Waals surface area contributed by atoms with Crippen LogP contribution in [0.3, 0.4) is 0 Å². The molecule has 0 spiro atoms. The Labute approximate surface area is 231 Å². The van der Waals surface area contributed by atoms with Gasteiger partial charge in [0, 0.05) is 40.9 Å². The number of carbonyl (C=O) groups excluding carboxylic acids is 2. The second-order valence-corrected chi connectivity index (χ2v) is 10.4. The minimum atomic E-state index is -0.793. The lowest BCUT2D eigenvalue weighted by molar-refractivity contribution is -0.129. The fourth-order valence-electron chi connectivity index (χ4n) is 4.65. The third-order valence-corrected chi connectivity index (χ3v) is 7.22. The van der Waals surface area contributed by atoms with Gasteiger partial charge in [-0.05, 0) is 60.9 Å². The second-order valence-electron chi connectivity index (χ2n) is 9.56. The van der Waals surface area contributed by atoms with Gasteiger partial charge in [0.25, 0.3) is 0 Å². The minimum absolute atomic E-state index is 0.0861. The molecule has 0 aliphatic carbocycles. The zero-order chi connectivity index (χ0) is 27.4. The topological polar surface area (TPSA) is 52.7 Å². The molecule has 1 saturated heterocycles. The van der Waals surface area contributed by atoms with Crippen molar-refractivity contribution in [3.63, 3.8) is 0 Å². The highest BCUT2D eigenvalue weighted by atomic mass is 35.5. The summed E-state index contributed by atoms with van der Waals surface area (Å²) in [5.41, 5.74) is 2.08. The number of carbonyl (C=O) groups is 2. The number of amides is 2. The molecule has 5 nitrogen and oxygen atoms in total. The molecule has 200 valence electrons. The molecule has 38 heavy (non-hydrogen) atoms. The third kappa shape index (κ3) is 6.70. The molecule has 3 aromatic rings. The van der Waals surface area contributed by atoms with E-state index < -0.39 is 29.9 Å². The van der Waals surface area contributed by atoms with Crippen LogP contribution in [0, 0.1) is 11.6 Å². The second kappa shape index (κ2) is 12.2. The summed E-state index contributed by atoms with van der Waals surface area (Å²) in [4.78, 5) is 29.3. The Morgan fingerprint density at radius 1 is 0.947 bits per heavy atom. The molecule has 1 unspecified atom stereocenters. The number of nitrogens with zero attached hydrogens (tertiary/aromatic N) is 2. The molecule has 9 heteroatoms. The standard InChI is InChI=1S/C29H29Cl2F2N3O2/c1-3-18(2)34-27(37)15-28(38)36(25-13-23(32)12-24(33)14-25)26-16-35(17-26)29(19-4-8-21(30)9-5-19)20-6-10-22(31)11-7-20/h4-14,18,26,29H,3,15-17H2,1-2H3,(H,34,37). The average molecular weight is 560 g/mol. The molecule has 1 heterocycles. The van der Waals surface area contributed by atoms with Crippen LogP contribution in [0.25, 0.3) is 0 Å². The number of hydrogen-bond donors (Lipinski definition) is 1. The molecular formula is C29H29Cl2F2N3O2. The maximum atomic E-state index is 14.1. The summed E-state index contributed by atoms with van der Waals surface area (Å²) in [6.45, 7) is 4.62. The van der Waals surface area contributed by atoms with Gasteiger partial charge in [-0.2, -0.15) is 0 Å². The van der Waals surface area contributed by atoms with E-state index in [-0.39, 0.29) is 23.8 Å². The van der Waals surface area contributed by atoms with Crippen LogP contribution in [0.4, 0.5) is 14.5 Å². The summed E-state index contributed by atoms with van der Waals surface area (Å²) in [5.74, 6) is -2.53. The molecule has 1 N–H and O–H groups in total. The first-order chi connectivity index (χ1) is 18.1. The molecule has 0 saturated carbocycles. The number of anilines is 1. The highest BCUT2D eigenvalue weighted by molar-refractivity contribution is 6.30. The van der Waals surface area contributed by atoms with Crippen LogP contribution in [-0.4, -0.2) is 41.9 Å². The molecule has 1 aliphatic rings. The lowest BCUT2D eigenvalue weighted by atomic mass is 9.92. The highest BCUT2D eigenvalue weighted by Gasteiger charge is 2.40. The van der Waals surface area contributed by atoms with Gasteiger partial charge in [0.05, 0.1) is 12.1 Å². The van der Waals surface area contributed by atoms with E-state index in [1.54, 1.807) is 0 Å². The summed E-state index contributed by atoms with van der Waals surface area (Å²) in [6.07, 6.45) is 0.296. The fraction of sp³-hybridized carbons (Fsp3) is 0.310. The van der Waals surface area contributed by atoms with Crippen molar-refractivity contribution in [3.05, 3.63) is 99.5 Å². The van der Waals surface area contributed by atoms with Gasteiger partial charge < -0.3 is 10.2 Å². The number of benzene rings is 3. The molecule has 2 amide bonds. The van der Waals surface area contributed by atoms with E-state index in [0.29, 0.717) is 29.6 Å². The maximum Gasteiger partial charge on any atom is 0.236 e. The van der Waals surface area contributed by atoms with Crippen LogP contribution in [0.5, 0.6) is 0 Å². The lowest BCUT2D eigenvalue weighted by Gasteiger charge is -2.49. The molecule has 1 aliphatic heterocycles. The van der Waals surface area contributed by atoms with Gasteiger partial charge >= 0.3 is 0 Å². The minimum Gasteiger partial charge on any atom is -0.353 e. The number of hydrogen-bond acceptors (Lipinski definition) is 3. The smallest absolute Gasteiger partial charge is 0.236 e. The van der Waals surface area contributed by atoms with Crippen molar-refractivity contribution >= 4 is 40.7 Å². The summed E-state index contributed by atoms with van der Waals surface area (Å²) < 4.78 is 28.3. The Bertz CT molecular complexity index is 1220. The predicted molar refractivity (Wildman–Crippen MR) is 146 cm³/mol. The van der Waals surface area contributed by atoms with Crippen molar-refractivity contribution in [1.82, 2.24) is 10.2 Å². The lowest BCUT2D eigenvalue weighted by Crippen LogP contribution is -2.62. The van der Waals surface area contributed by atoms with Crippen LogP contribution < -0.4 is 10.2 Å². The van der Waals surface area contributed by atoms with Crippen LogP contribution in [0.15, 0.2) is 66.7 Å².